The summed E-state index contributed by atoms with van der Waals surface area (Å²) in [5.74, 6) is 1.73. The highest BCUT2D eigenvalue weighted by molar-refractivity contribution is 7.88. The SMILES string of the molecule is CCC(C)C1CCN(Cc2ccc([C@@H](C)NS(C)(=O)=O)cc2)CC1.Cl. The van der Waals surface area contributed by atoms with Crippen LogP contribution in [0.5, 0.6) is 0 Å². The Morgan fingerprint density at radius 2 is 1.72 bits per heavy atom. The molecule has 0 bridgehead atoms. The van der Waals surface area contributed by atoms with Crippen LogP contribution in [-0.2, 0) is 16.6 Å². The summed E-state index contributed by atoms with van der Waals surface area (Å²) in [5.41, 5.74) is 2.30. The molecule has 1 aliphatic rings. The highest BCUT2D eigenvalue weighted by atomic mass is 35.5. The number of sulfonamides is 1. The van der Waals surface area contributed by atoms with Crippen LogP contribution in [0, 0.1) is 11.8 Å². The highest BCUT2D eigenvalue weighted by Crippen LogP contribution is 2.27. The minimum Gasteiger partial charge on any atom is -0.299 e. The van der Waals surface area contributed by atoms with Gasteiger partial charge in [-0.15, -0.1) is 12.4 Å². The summed E-state index contributed by atoms with van der Waals surface area (Å²) in [6, 6.07) is 8.11. The Balaban J connectivity index is 0.00000312. The average Bonchev–Trinajstić information content (AvgIpc) is 2.54. The van der Waals surface area contributed by atoms with Crippen LogP contribution in [0.4, 0.5) is 0 Å². The molecule has 0 spiro atoms. The zero-order chi connectivity index (χ0) is 17.7. The van der Waals surface area contributed by atoms with Crippen molar-refractivity contribution in [3.8, 4) is 0 Å². The molecule has 25 heavy (non-hydrogen) atoms. The first-order chi connectivity index (χ1) is 11.3. The first-order valence-corrected chi connectivity index (χ1v) is 11.0. The van der Waals surface area contributed by atoms with E-state index >= 15 is 0 Å². The van der Waals surface area contributed by atoms with Gasteiger partial charge in [-0.1, -0.05) is 44.5 Å². The van der Waals surface area contributed by atoms with E-state index in [1.54, 1.807) is 0 Å². The topological polar surface area (TPSA) is 49.4 Å². The molecule has 2 atom stereocenters. The predicted octanol–water partition coefficient (Wildman–Crippen LogP) is 3.98. The van der Waals surface area contributed by atoms with Crippen LogP contribution in [0.3, 0.4) is 0 Å². The Hall–Kier alpha value is -0.620. The number of benzene rings is 1. The van der Waals surface area contributed by atoms with Gasteiger partial charge in [0.05, 0.1) is 6.26 Å². The van der Waals surface area contributed by atoms with Gasteiger partial charge >= 0.3 is 0 Å². The fraction of sp³-hybridized carbons (Fsp3) is 0.684. The number of hydrogen-bond acceptors (Lipinski definition) is 3. The standard InChI is InChI=1S/C19H32N2O2S.ClH/c1-5-15(2)18-10-12-21(13-11-18)14-17-6-8-19(9-7-17)16(3)20-24(4,22)23;/h6-9,15-16,18,20H,5,10-14H2,1-4H3;1H/t15?,16-;/m1./s1. The molecule has 1 aliphatic heterocycles. The van der Waals surface area contributed by atoms with Gasteiger partial charge < -0.3 is 0 Å². The molecule has 1 unspecified atom stereocenters. The Kier molecular flexibility index (Phi) is 8.89. The lowest BCUT2D eigenvalue weighted by molar-refractivity contribution is 0.145. The van der Waals surface area contributed by atoms with Crippen LogP contribution in [0.15, 0.2) is 24.3 Å². The Morgan fingerprint density at radius 1 is 1.16 bits per heavy atom. The zero-order valence-electron chi connectivity index (χ0n) is 15.9. The van der Waals surface area contributed by atoms with Crippen LogP contribution in [0.25, 0.3) is 0 Å². The van der Waals surface area contributed by atoms with Crippen LogP contribution in [-0.4, -0.2) is 32.7 Å². The summed E-state index contributed by atoms with van der Waals surface area (Å²) in [6.07, 6.45) is 5.09. The van der Waals surface area contributed by atoms with E-state index in [-0.39, 0.29) is 18.4 Å². The normalized spacial score (nSPS) is 19.2. The molecule has 1 fully saturated rings. The van der Waals surface area contributed by atoms with Crippen molar-refractivity contribution in [2.75, 3.05) is 19.3 Å². The lowest BCUT2D eigenvalue weighted by Crippen LogP contribution is -2.35. The quantitative estimate of drug-likeness (QED) is 0.768. The third-order valence-electron chi connectivity index (χ3n) is 5.36. The van der Waals surface area contributed by atoms with Gasteiger partial charge in [0.25, 0.3) is 0 Å². The van der Waals surface area contributed by atoms with E-state index in [4.69, 9.17) is 0 Å². The summed E-state index contributed by atoms with van der Waals surface area (Å²) in [7, 11) is -3.18. The Labute approximate surface area is 159 Å². The van der Waals surface area contributed by atoms with Crippen molar-refractivity contribution in [3.05, 3.63) is 35.4 Å². The van der Waals surface area contributed by atoms with Crippen molar-refractivity contribution in [2.24, 2.45) is 11.8 Å². The molecule has 0 amide bonds. The minimum absolute atomic E-state index is 0. The van der Waals surface area contributed by atoms with E-state index < -0.39 is 10.0 Å². The lowest BCUT2D eigenvalue weighted by Gasteiger charge is -2.34. The summed E-state index contributed by atoms with van der Waals surface area (Å²) >= 11 is 0. The average molecular weight is 389 g/mol. The van der Waals surface area contributed by atoms with E-state index in [9.17, 15) is 8.42 Å². The van der Waals surface area contributed by atoms with Gasteiger partial charge in [-0.05, 0) is 55.8 Å². The number of halogens is 1. The van der Waals surface area contributed by atoms with Crippen LogP contribution < -0.4 is 4.72 Å². The molecule has 0 aromatic heterocycles. The van der Waals surface area contributed by atoms with E-state index in [2.05, 4.69) is 35.6 Å². The minimum atomic E-state index is -3.18. The molecule has 4 nitrogen and oxygen atoms in total. The van der Waals surface area contributed by atoms with Crippen molar-refractivity contribution >= 4 is 22.4 Å². The Bertz CT molecular complexity index is 611. The zero-order valence-corrected chi connectivity index (χ0v) is 17.5. The van der Waals surface area contributed by atoms with Gasteiger partial charge in [-0.25, -0.2) is 13.1 Å². The van der Waals surface area contributed by atoms with Gasteiger partial charge in [-0.2, -0.15) is 0 Å². The fourth-order valence-electron chi connectivity index (χ4n) is 3.57. The van der Waals surface area contributed by atoms with Gasteiger partial charge in [-0.3, -0.25) is 4.90 Å². The van der Waals surface area contributed by atoms with Gasteiger partial charge in [0.15, 0.2) is 0 Å². The maximum atomic E-state index is 11.3. The third-order valence-corrected chi connectivity index (χ3v) is 6.14. The molecule has 1 aromatic carbocycles. The number of nitrogens with zero attached hydrogens (tertiary/aromatic N) is 1. The second kappa shape index (κ2) is 9.91. The monoisotopic (exact) mass is 388 g/mol. The van der Waals surface area contributed by atoms with Crippen molar-refractivity contribution in [1.29, 1.82) is 0 Å². The van der Waals surface area contributed by atoms with Crippen molar-refractivity contribution < 1.29 is 8.42 Å². The van der Waals surface area contributed by atoms with E-state index in [0.29, 0.717) is 0 Å². The summed E-state index contributed by atoms with van der Waals surface area (Å²) in [5, 5.41) is 0. The molecule has 0 aliphatic carbocycles. The number of hydrogen-bond donors (Lipinski definition) is 1. The molecule has 1 N–H and O–H groups in total. The first-order valence-electron chi connectivity index (χ1n) is 9.07. The number of likely N-dealkylation sites (tertiary alicyclic amines) is 1. The lowest BCUT2D eigenvalue weighted by atomic mass is 9.84. The smallest absolute Gasteiger partial charge is 0.209 e. The van der Waals surface area contributed by atoms with Crippen molar-refractivity contribution in [2.45, 2.75) is 52.6 Å². The maximum absolute atomic E-state index is 11.3. The molecule has 1 aromatic rings. The van der Waals surface area contributed by atoms with Crippen LogP contribution in [0.2, 0.25) is 0 Å². The maximum Gasteiger partial charge on any atom is 0.209 e. The second-order valence-electron chi connectivity index (χ2n) is 7.35. The Morgan fingerprint density at radius 3 is 2.20 bits per heavy atom. The van der Waals surface area contributed by atoms with Crippen LogP contribution in [0.1, 0.15) is 57.2 Å². The summed E-state index contributed by atoms with van der Waals surface area (Å²) in [6.45, 7) is 9.89. The molecule has 0 saturated carbocycles. The molecule has 2 rings (SSSR count). The largest absolute Gasteiger partial charge is 0.299 e. The van der Waals surface area contributed by atoms with Gasteiger partial charge in [0.2, 0.25) is 10.0 Å². The highest BCUT2D eigenvalue weighted by Gasteiger charge is 2.22. The summed E-state index contributed by atoms with van der Waals surface area (Å²) < 4.78 is 25.3. The second-order valence-corrected chi connectivity index (χ2v) is 9.13. The van der Waals surface area contributed by atoms with Gasteiger partial charge in [0, 0.05) is 12.6 Å². The molecule has 6 heteroatoms. The number of nitrogens with one attached hydrogen (secondary N) is 1. The molecule has 1 saturated heterocycles. The van der Waals surface area contributed by atoms with Crippen LogP contribution >= 0.6 is 12.4 Å². The summed E-state index contributed by atoms with van der Waals surface area (Å²) in [4.78, 5) is 2.53. The number of piperidine rings is 1. The van der Waals surface area contributed by atoms with E-state index in [1.807, 2.05) is 19.1 Å². The van der Waals surface area contributed by atoms with Gasteiger partial charge in [0.1, 0.15) is 0 Å². The van der Waals surface area contributed by atoms with E-state index in [0.717, 1.165) is 23.9 Å². The first kappa shape index (κ1) is 22.4. The molecular weight excluding hydrogens is 356 g/mol. The van der Waals surface area contributed by atoms with Crippen molar-refractivity contribution in [3.63, 3.8) is 0 Å². The van der Waals surface area contributed by atoms with E-state index in [1.165, 1.54) is 44.2 Å². The fourth-order valence-corrected chi connectivity index (χ4v) is 4.35. The molecular formula is C19H33ClN2O2S. The molecule has 144 valence electrons. The molecule has 0 radical (unpaired) electrons. The number of rotatable bonds is 7. The molecule has 1 heterocycles. The van der Waals surface area contributed by atoms with Crippen molar-refractivity contribution in [1.82, 2.24) is 9.62 Å². The third kappa shape index (κ3) is 7.26. The predicted molar refractivity (Wildman–Crippen MR) is 108 cm³/mol.